The van der Waals surface area contributed by atoms with Crippen LogP contribution in [0.15, 0.2) is 59.6 Å². The van der Waals surface area contributed by atoms with Gasteiger partial charge in [0.05, 0.1) is 11.4 Å². The van der Waals surface area contributed by atoms with Gasteiger partial charge in [-0.3, -0.25) is 4.79 Å². The summed E-state index contributed by atoms with van der Waals surface area (Å²) in [6, 6.07) is 17.8. The summed E-state index contributed by atoms with van der Waals surface area (Å²) in [5.41, 5.74) is 3.85. The molecule has 0 bridgehead atoms. The van der Waals surface area contributed by atoms with E-state index in [2.05, 4.69) is 23.6 Å². The predicted octanol–water partition coefficient (Wildman–Crippen LogP) is 4.50. The van der Waals surface area contributed by atoms with Crippen molar-refractivity contribution in [3.05, 3.63) is 69.8 Å². The Balaban J connectivity index is 2.12. The van der Waals surface area contributed by atoms with Crippen LogP contribution in [0.4, 0.5) is 5.69 Å². The van der Waals surface area contributed by atoms with E-state index in [0.29, 0.717) is 5.56 Å². The Morgan fingerprint density at radius 2 is 1.83 bits per heavy atom. The van der Waals surface area contributed by atoms with Crippen LogP contribution in [-0.4, -0.2) is 10.4 Å². The van der Waals surface area contributed by atoms with E-state index in [0.717, 1.165) is 10.5 Å². The first-order valence-electron chi connectivity index (χ1n) is 7.44. The molecule has 0 aliphatic heterocycles. The largest absolute Gasteiger partial charge is 0.319 e. The summed E-state index contributed by atoms with van der Waals surface area (Å²) in [5, 5.41) is 0. The van der Waals surface area contributed by atoms with Gasteiger partial charge in [0.15, 0.2) is 10.6 Å². The molecule has 0 spiro atoms. The molecule has 1 aromatic heterocycles. The number of benzene rings is 2. The summed E-state index contributed by atoms with van der Waals surface area (Å²) in [6.45, 7) is 3.68. The fraction of sp³-hybridized carbons (Fsp3) is 0.158. The van der Waals surface area contributed by atoms with Crippen molar-refractivity contribution >= 4 is 22.8 Å². The molecular weight excluding hydrogens is 304 g/mol. The normalized spacial score (nSPS) is 11.7. The smallest absolute Gasteiger partial charge is 0.190 e. The number of nitrogens with zero attached hydrogens (tertiary/aromatic N) is 2. The maximum absolute atomic E-state index is 11.5. The van der Waals surface area contributed by atoms with Crippen LogP contribution in [0.25, 0.3) is 11.3 Å². The second kappa shape index (κ2) is 6.34. The molecule has 0 saturated heterocycles. The number of rotatable bonds is 3. The number of aryl methyl sites for hydroxylation is 1. The lowest BCUT2D eigenvalue weighted by molar-refractivity contribution is 0.101. The van der Waals surface area contributed by atoms with Gasteiger partial charge in [0.1, 0.15) is 0 Å². The molecule has 3 aromatic rings. The lowest BCUT2D eigenvalue weighted by Crippen LogP contribution is -2.10. The molecule has 1 heterocycles. The zero-order valence-electron chi connectivity index (χ0n) is 13.4. The SMILES string of the molecule is CC(=O)c1cccc(N=c2sc(C)c(-c3ccccc3)n2C)c1. The van der Waals surface area contributed by atoms with Gasteiger partial charge in [-0.25, -0.2) is 4.99 Å². The highest BCUT2D eigenvalue weighted by Gasteiger charge is 2.09. The number of aromatic nitrogens is 1. The van der Waals surface area contributed by atoms with Gasteiger partial charge in [-0.15, -0.1) is 11.3 Å². The van der Waals surface area contributed by atoms with Crippen LogP contribution >= 0.6 is 11.3 Å². The minimum Gasteiger partial charge on any atom is -0.319 e. The summed E-state index contributed by atoms with van der Waals surface area (Å²) in [5.74, 6) is 0.0544. The molecular formula is C19H18N2OS. The Bertz CT molecular complexity index is 920. The Morgan fingerprint density at radius 1 is 1.09 bits per heavy atom. The molecule has 3 rings (SSSR count). The fourth-order valence-corrected chi connectivity index (χ4v) is 3.59. The molecule has 4 heteroatoms. The van der Waals surface area contributed by atoms with E-state index < -0.39 is 0 Å². The van der Waals surface area contributed by atoms with E-state index in [4.69, 9.17) is 4.99 Å². The van der Waals surface area contributed by atoms with Crippen molar-refractivity contribution in [1.29, 1.82) is 0 Å². The van der Waals surface area contributed by atoms with Gasteiger partial charge in [0.2, 0.25) is 0 Å². The number of carbonyl (C=O) groups is 1. The Morgan fingerprint density at radius 3 is 2.52 bits per heavy atom. The molecule has 3 nitrogen and oxygen atoms in total. The molecule has 0 aliphatic rings. The average Bonchev–Trinajstić information content (AvgIpc) is 2.82. The first kappa shape index (κ1) is 15.4. The van der Waals surface area contributed by atoms with Crippen molar-refractivity contribution in [2.24, 2.45) is 12.0 Å². The van der Waals surface area contributed by atoms with Gasteiger partial charge in [-0.05, 0) is 31.5 Å². The van der Waals surface area contributed by atoms with E-state index in [9.17, 15) is 4.79 Å². The molecule has 0 N–H and O–H groups in total. The van der Waals surface area contributed by atoms with E-state index in [-0.39, 0.29) is 5.78 Å². The molecule has 23 heavy (non-hydrogen) atoms. The summed E-state index contributed by atoms with van der Waals surface area (Å²) in [4.78, 5) is 18.4. The van der Waals surface area contributed by atoms with Gasteiger partial charge >= 0.3 is 0 Å². The minimum absolute atomic E-state index is 0.0544. The number of carbonyl (C=O) groups excluding carboxylic acids is 1. The molecule has 0 radical (unpaired) electrons. The topological polar surface area (TPSA) is 34.4 Å². The highest BCUT2D eigenvalue weighted by molar-refractivity contribution is 7.09. The van der Waals surface area contributed by atoms with Crippen molar-refractivity contribution in [1.82, 2.24) is 4.57 Å². The number of hydrogen-bond acceptors (Lipinski definition) is 3. The van der Waals surface area contributed by atoms with Crippen molar-refractivity contribution in [2.45, 2.75) is 13.8 Å². The third kappa shape index (κ3) is 3.17. The zero-order valence-corrected chi connectivity index (χ0v) is 14.2. The molecule has 116 valence electrons. The fourth-order valence-electron chi connectivity index (χ4n) is 2.58. The van der Waals surface area contributed by atoms with Crippen LogP contribution in [-0.2, 0) is 7.05 Å². The average molecular weight is 322 g/mol. The quantitative estimate of drug-likeness (QED) is 0.654. The molecule has 0 fully saturated rings. The van der Waals surface area contributed by atoms with Gasteiger partial charge in [0, 0.05) is 17.5 Å². The van der Waals surface area contributed by atoms with Crippen LogP contribution in [0, 0.1) is 6.92 Å². The van der Waals surface area contributed by atoms with Gasteiger partial charge < -0.3 is 4.57 Å². The lowest BCUT2D eigenvalue weighted by atomic mass is 10.1. The van der Waals surface area contributed by atoms with Gasteiger partial charge in [-0.1, -0.05) is 42.5 Å². The van der Waals surface area contributed by atoms with Crippen LogP contribution in [0.5, 0.6) is 0 Å². The maximum atomic E-state index is 11.5. The van der Waals surface area contributed by atoms with E-state index in [1.54, 1.807) is 18.3 Å². The second-order valence-electron chi connectivity index (χ2n) is 5.43. The monoisotopic (exact) mass is 322 g/mol. The molecule has 0 atom stereocenters. The van der Waals surface area contributed by atoms with Crippen LogP contribution in [0.1, 0.15) is 22.2 Å². The predicted molar refractivity (Wildman–Crippen MR) is 95.1 cm³/mol. The molecule has 0 saturated carbocycles. The van der Waals surface area contributed by atoms with Crippen LogP contribution in [0.2, 0.25) is 0 Å². The Kier molecular flexibility index (Phi) is 4.26. The van der Waals surface area contributed by atoms with Crippen molar-refractivity contribution in [3.63, 3.8) is 0 Å². The number of thiazole rings is 1. The highest BCUT2D eigenvalue weighted by atomic mass is 32.1. The summed E-state index contributed by atoms with van der Waals surface area (Å²) >= 11 is 1.66. The maximum Gasteiger partial charge on any atom is 0.190 e. The van der Waals surface area contributed by atoms with E-state index >= 15 is 0 Å². The van der Waals surface area contributed by atoms with Gasteiger partial charge in [-0.2, -0.15) is 0 Å². The molecule has 0 unspecified atom stereocenters. The second-order valence-corrected chi connectivity index (χ2v) is 6.61. The number of hydrogen-bond donors (Lipinski definition) is 0. The highest BCUT2D eigenvalue weighted by Crippen LogP contribution is 2.24. The Labute approximate surface area is 139 Å². The van der Waals surface area contributed by atoms with Crippen molar-refractivity contribution < 1.29 is 4.79 Å². The van der Waals surface area contributed by atoms with Crippen molar-refractivity contribution in [3.8, 4) is 11.3 Å². The van der Waals surface area contributed by atoms with E-state index in [1.165, 1.54) is 16.1 Å². The zero-order chi connectivity index (χ0) is 16.4. The third-order valence-electron chi connectivity index (χ3n) is 3.72. The summed E-state index contributed by atoms with van der Waals surface area (Å²) in [7, 11) is 2.03. The third-order valence-corrected chi connectivity index (χ3v) is 4.77. The number of Topliss-reactive ketones (excluding diaryl/α,β-unsaturated/α-hetero) is 1. The van der Waals surface area contributed by atoms with Gasteiger partial charge in [0.25, 0.3) is 0 Å². The summed E-state index contributed by atoms with van der Waals surface area (Å²) in [6.07, 6.45) is 0. The standard InChI is InChI=1S/C19H18N2OS/c1-13(22)16-10-7-11-17(12-16)20-19-21(3)18(14(2)23-19)15-8-5-4-6-9-15/h4-12H,1-3H3. The lowest BCUT2D eigenvalue weighted by Gasteiger charge is -2.04. The number of ketones is 1. The molecule has 0 amide bonds. The first-order chi connectivity index (χ1) is 11.1. The van der Waals surface area contributed by atoms with Crippen molar-refractivity contribution in [2.75, 3.05) is 0 Å². The molecule has 2 aromatic carbocycles. The first-order valence-corrected chi connectivity index (χ1v) is 8.25. The molecule has 0 aliphatic carbocycles. The van der Waals surface area contributed by atoms with E-state index in [1.807, 2.05) is 49.5 Å². The Hall–Kier alpha value is -2.46. The van der Waals surface area contributed by atoms with Crippen LogP contribution < -0.4 is 4.80 Å². The summed E-state index contributed by atoms with van der Waals surface area (Å²) < 4.78 is 2.11. The minimum atomic E-state index is 0.0544. The van der Waals surface area contributed by atoms with Crippen LogP contribution in [0.3, 0.4) is 0 Å².